The van der Waals surface area contributed by atoms with Crippen molar-refractivity contribution in [2.24, 2.45) is 5.10 Å². The van der Waals surface area contributed by atoms with Crippen LogP contribution in [0.25, 0.3) is 0 Å². The summed E-state index contributed by atoms with van der Waals surface area (Å²) in [6, 6.07) is 12.2. The van der Waals surface area contributed by atoms with Gasteiger partial charge in [-0.15, -0.1) is 11.8 Å². The molecule has 0 fully saturated rings. The van der Waals surface area contributed by atoms with E-state index in [0.717, 1.165) is 10.0 Å². The molecule has 0 aliphatic heterocycles. The first-order valence-electron chi connectivity index (χ1n) is 6.65. The minimum absolute atomic E-state index is 0.148. The monoisotopic (exact) mass is 414 g/mol. The highest BCUT2D eigenvalue weighted by Gasteiger charge is 2.05. The van der Waals surface area contributed by atoms with Gasteiger partial charge in [-0.3, -0.25) is 4.79 Å². The van der Waals surface area contributed by atoms with Gasteiger partial charge in [-0.05, 0) is 23.8 Å². The van der Waals surface area contributed by atoms with Gasteiger partial charge in [0.05, 0.1) is 17.0 Å². The Bertz CT molecular complexity index is 707. The summed E-state index contributed by atoms with van der Waals surface area (Å²) in [6.07, 6.45) is 1.20. The summed E-state index contributed by atoms with van der Waals surface area (Å²) in [5.74, 6) is 0.214. The molecule has 23 heavy (non-hydrogen) atoms. The second kappa shape index (κ2) is 9.05. The molecule has 0 bridgehead atoms. The zero-order valence-corrected chi connectivity index (χ0v) is 15.1. The van der Waals surface area contributed by atoms with Gasteiger partial charge in [0.1, 0.15) is 5.82 Å². The largest absolute Gasteiger partial charge is 0.272 e. The summed E-state index contributed by atoms with van der Waals surface area (Å²) in [7, 11) is 0. The van der Waals surface area contributed by atoms with Crippen LogP contribution in [0.5, 0.6) is 0 Å². The van der Waals surface area contributed by atoms with Gasteiger partial charge in [-0.25, -0.2) is 9.82 Å². The summed E-state index contributed by atoms with van der Waals surface area (Å²) in [5, 5.41) is 3.98. The van der Waals surface area contributed by atoms with Crippen LogP contribution in [0.15, 0.2) is 52.0 Å². The molecular formula is C16H13BrClFN2OS. The molecule has 0 saturated carbocycles. The first-order chi connectivity index (χ1) is 11.1. The molecular weight excluding hydrogens is 403 g/mol. The fourth-order valence-electron chi connectivity index (χ4n) is 1.70. The minimum atomic E-state index is -0.487. The van der Waals surface area contributed by atoms with Crippen LogP contribution in [0.2, 0.25) is 5.02 Å². The van der Waals surface area contributed by atoms with Gasteiger partial charge in [-0.2, -0.15) is 5.10 Å². The Hall–Kier alpha value is -1.37. The van der Waals surface area contributed by atoms with E-state index >= 15 is 0 Å². The first-order valence-corrected chi connectivity index (χ1v) is 8.97. The quantitative estimate of drug-likeness (QED) is 0.552. The number of hydrogen-bond donors (Lipinski definition) is 1. The lowest BCUT2D eigenvalue weighted by Crippen LogP contribution is -2.19. The van der Waals surface area contributed by atoms with Crippen LogP contribution < -0.4 is 5.43 Å². The fourth-order valence-corrected chi connectivity index (χ4v) is 3.35. The number of halogens is 3. The molecule has 1 amide bonds. The highest BCUT2D eigenvalue weighted by molar-refractivity contribution is 9.10. The van der Waals surface area contributed by atoms with E-state index in [2.05, 4.69) is 26.5 Å². The Balaban J connectivity index is 1.79. The number of nitrogens with one attached hydrogen (secondary N) is 1. The highest BCUT2D eigenvalue weighted by Crippen LogP contribution is 2.21. The van der Waals surface area contributed by atoms with E-state index in [1.54, 1.807) is 6.07 Å². The van der Waals surface area contributed by atoms with Crippen molar-refractivity contribution in [3.05, 3.63) is 68.9 Å². The molecule has 7 heteroatoms. The third-order valence-electron chi connectivity index (χ3n) is 2.83. The molecule has 0 aliphatic rings. The molecule has 0 unspecified atom stereocenters. The number of benzene rings is 2. The average molecular weight is 416 g/mol. The van der Waals surface area contributed by atoms with Crippen molar-refractivity contribution in [1.82, 2.24) is 5.43 Å². The molecule has 0 heterocycles. The molecule has 1 N–H and O–H groups in total. The number of rotatable bonds is 6. The molecule has 2 rings (SSSR count). The van der Waals surface area contributed by atoms with E-state index in [9.17, 15) is 9.18 Å². The predicted octanol–water partition coefficient (Wildman–Crippen LogP) is 4.63. The average Bonchev–Trinajstić information content (AvgIpc) is 2.52. The Morgan fingerprint density at radius 2 is 2.09 bits per heavy atom. The van der Waals surface area contributed by atoms with Crippen molar-refractivity contribution in [2.75, 3.05) is 5.75 Å². The maximum absolute atomic E-state index is 13.5. The van der Waals surface area contributed by atoms with E-state index < -0.39 is 5.82 Å². The van der Waals surface area contributed by atoms with Crippen LogP contribution in [0.1, 0.15) is 11.1 Å². The van der Waals surface area contributed by atoms with E-state index in [-0.39, 0.29) is 22.2 Å². The number of carbonyl (C=O) groups is 1. The number of amides is 1. The van der Waals surface area contributed by atoms with Crippen molar-refractivity contribution < 1.29 is 9.18 Å². The molecule has 2 aromatic carbocycles. The van der Waals surface area contributed by atoms with Gasteiger partial charge in [0, 0.05) is 15.8 Å². The summed E-state index contributed by atoms with van der Waals surface area (Å²) in [4.78, 5) is 11.7. The molecule has 120 valence electrons. The van der Waals surface area contributed by atoms with E-state index in [1.807, 2.05) is 24.3 Å². The molecule has 0 saturated heterocycles. The van der Waals surface area contributed by atoms with Crippen molar-refractivity contribution in [2.45, 2.75) is 5.75 Å². The van der Waals surface area contributed by atoms with Gasteiger partial charge in [-0.1, -0.05) is 51.8 Å². The zero-order valence-electron chi connectivity index (χ0n) is 11.9. The van der Waals surface area contributed by atoms with Gasteiger partial charge in [0.2, 0.25) is 5.91 Å². The topological polar surface area (TPSA) is 41.5 Å². The van der Waals surface area contributed by atoms with Gasteiger partial charge >= 0.3 is 0 Å². The fraction of sp³-hybridized carbons (Fsp3) is 0.125. The Kier molecular flexibility index (Phi) is 7.08. The predicted molar refractivity (Wildman–Crippen MR) is 97.5 cm³/mol. The van der Waals surface area contributed by atoms with Crippen molar-refractivity contribution in [1.29, 1.82) is 0 Å². The summed E-state index contributed by atoms with van der Waals surface area (Å²) >= 11 is 10.8. The third kappa shape index (κ3) is 5.64. The van der Waals surface area contributed by atoms with Crippen LogP contribution in [0.3, 0.4) is 0 Å². The lowest BCUT2D eigenvalue weighted by molar-refractivity contribution is -0.118. The van der Waals surface area contributed by atoms with Crippen molar-refractivity contribution in [3.8, 4) is 0 Å². The minimum Gasteiger partial charge on any atom is -0.272 e. The Morgan fingerprint density at radius 3 is 2.83 bits per heavy atom. The second-order valence-electron chi connectivity index (χ2n) is 4.51. The summed E-state index contributed by atoms with van der Waals surface area (Å²) in [5.41, 5.74) is 3.63. The number of hydrogen-bond acceptors (Lipinski definition) is 3. The molecule has 3 nitrogen and oxygen atoms in total. The number of thioether (sulfide) groups is 1. The molecule has 0 radical (unpaired) electrons. The summed E-state index contributed by atoms with van der Waals surface area (Å²) < 4.78 is 14.5. The SMILES string of the molecule is O=C(CSCc1ccccc1Br)N/N=C\c1c(F)cccc1Cl. The Labute approximate surface area is 151 Å². The highest BCUT2D eigenvalue weighted by atomic mass is 79.9. The molecule has 0 aromatic heterocycles. The summed E-state index contributed by atoms with van der Waals surface area (Å²) in [6.45, 7) is 0. The third-order valence-corrected chi connectivity index (χ3v) is 4.92. The van der Waals surface area contributed by atoms with Crippen LogP contribution in [-0.2, 0) is 10.5 Å². The molecule has 0 spiro atoms. The van der Waals surface area contributed by atoms with Gasteiger partial charge < -0.3 is 0 Å². The standard InChI is InChI=1S/C16H13BrClFN2OS/c17-13-5-2-1-4-11(13)9-23-10-16(22)21-20-8-12-14(18)6-3-7-15(12)19/h1-8H,9-10H2,(H,21,22)/b20-8-. The second-order valence-corrected chi connectivity index (χ2v) is 6.76. The maximum atomic E-state index is 13.5. The lowest BCUT2D eigenvalue weighted by atomic mass is 10.2. The van der Waals surface area contributed by atoms with E-state index in [4.69, 9.17) is 11.6 Å². The smallest absolute Gasteiger partial charge is 0.250 e. The molecule has 0 atom stereocenters. The lowest BCUT2D eigenvalue weighted by Gasteiger charge is -2.04. The normalized spacial score (nSPS) is 10.9. The zero-order chi connectivity index (χ0) is 16.7. The maximum Gasteiger partial charge on any atom is 0.250 e. The van der Waals surface area contributed by atoms with Crippen LogP contribution in [-0.4, -0.2) is 17.9 Å². The van der Waals surface area contributed by atoms with Crippen LogP contribution in [0, 0.1) is 5.82 Å². The first kappa shape index (κ1) is 18.0. The van der Waals surface area contributed by atoms with Crippen LogP contribution in [0.4, 0.5) is 4.39 Å². The number of nitrogens with zero attached hydrogens (tertiary/aromatic N) is 1. The Morgan fingerprint density at radius 1 is 1.30 bits per heavy atom. The van der Waals surface area contributed by atoms with Crippen molar-refractivity contribution >= 4 is 51.4 Å². The number of carbonyl (C=O) groups excluding carboxylic acids is 1. The van der Waals surface area contributed by atoms with Gasteiger partial charge in [0.15, 0.2) is 0 Å². The van der Waals surface area contributed by atoms with Gasteiger partial charge in [0.25, 0.3) is 0 Å². The molecule has 0 aliphatic carbocycles. The van der Waals surface area contributed by atoms with E-state index in [0.29, 0.717) is 5.75 Å². The number of hydrazone groups is 1. The van der Waals surface area contributed by atoms with E-state index in [1.165, 1.54) is 30.1 Å². The molecule has 2 aromatic rings. The van der Waals surface area contributed by atoms with Crippen molar-refractivity contribution in [3.63, 3.8) is 0 Å². The van der Waals surface area contributed by atoms with Crippen LogP contribution >= 0.6 is 39.3 Å².